The Morgan fingerprint density at radius 1 is 1.29 bits per heavy atom. The predicted octanol–water partition coefficient (Wildman–Crippen LogP) is 2.68. The fourth-order valence-corrected chi connectivity index (χ4v) is 2.04. The van der Waals surface area contributed by atoms with Crippen molar-refractivity contribution in [1.29, 1.82) is 0 Å². The molecule has 0 radical (unpaired) electrons. The van der Waals surface area contributed by atoms with Gasteiger partial charge in [-0.25, -0.2) is 0 Å². The summed E-state index contributed by atoms with van der Waals surface area (Å²) in [5.74, 6) is 0. The molecule has 2 rings (SSSR count). The van der Waals surface area contributed by atoms with Crippen LogP contribution in [-0.2, 0) is 13.6 Å². The van der Waals surface area contributed by atoms with Crippen LogP contribution in [0.2, 0.25) is 0 Å². The van der Waals surface area contributed by atoms with Gasteiger partial charge in [0.2, 0.25) is 0 Å². The molecular weight excluding hydrogens is 270 g/mol. The Kier molecular flexibility index (Phi) is 4.42. The summed E-state index contributed by atoms with van der Waals surface area (Å²) in [5.41, 5.74) is 3.65. The molecule has 0 unspecified atom stereocenters. The monoisotopic (exact) mass is 289 g/mol. The van der Waals surface area contributed by atoms with Crippen LogP contribution in [0.3, 0.4) is 0 Å². The highest BCUT2D eigenvalue weighted by Crippen LogP contribution is 2.25. The van der Waals surface area contributed by atoms with E-state index in [4.69, 9.17) is 0 Å². The second-order valence-electron chi connectivity index (χ2n) is 4.79. The summed E-state index contributed by atoms with van der Waals surface area (Å²) in [5, 5.41) is 21.5. The summed E-state index contributed by atoms with van der Waals surface area (Å²) in [7, 11) is 1.88. The molecule has 0 spiro atoms. The second kappa shape index (κ2) is 6.25. The molecule has 1 aromatic carbocycles. The van der Waals surface area contributed by atoms with Crippen molar-refractivity contribution in [3.63, 3.8) is 0 Å². The van der Waals surface area contributed by atoms with Gasteiger partial charge in [0.05, 0.1) is 11.1 Å². The molecule has 0 aliphatic rings. The maximum absolute atomic E-state index is 11.0. The van der Waals surface area contributed by atoms with E-state index in [-0.39, 0.29) is 10.6 Å². The molecule has 0 atom stereocenters. The highest BCUT2D eigenvalue weighted by molar-refractivity contribution is 5.63. The number of nitrogens with one attached hydrogen (secondary N) is 2. The summed E-state index contributed by atoms with van der Waals surface area (Å²) >= 11 is 0. The largest absolute Gasteiger partial charge is 0.385 e. The Morgan fingerprint density at radius 2 is 1.95 bits per heavy atom. The van der Waals surface area contributed by atoms with Gasteiger partial charge >= 0.3 is 0 Å². The third kappa shape index (κ3) is 3.50. The fraction of sp³-hybridized carbons (Fsp3) is 0.357. The average molecular weight is 289 g/mol. The maximum Gasteiger partial charge on any atom is 0.273 e. The zero-order valence-electron chi connectivity index (χ0n) is 12.4. The summed E-state index contributed by atoms with van der Waals surface area (Å²) in [6.45, 7) is 5.22. The van der Waals surface area contributed by atoms with Crippen LogP contribution < -0.4 is 10.6 Å². The molecule has 0 bridgehead atoms. The van der Waals surface area contributed by atoms with E-state index in [1.54, 1.807) is 10.9 Å². The predicted molar refractivity (Wildman–Crippen MR) is 82.5 cm³/mol. The van der Waals surface area contributed by atoms with Crippen LogP contribution in [-0.4, -0.2) is 21.2 Å². The van der Waals surface area contributed by atoms with Crippen molar-refractivity contribution >= 4 is 17.1 Å². The molecule has 1 aromatic heterocycles. The zero-order valence-corrected chi connectivity index (χ0v) is 12.4. The average Bonchev–Trinajstić information content (AvgIpc) is 2.77. The highest BCUT2D eigenvalue weighted by atomic mass is 16.6. The summed E-state index contributed by atoms with van der Waals surface area (Å²) in [6, 6.07) is 4.93. The van der Waals surface area contributed by atoms with E-state index in [1.807, 2.05) is 27.0 Å². The number of non-ortho nitro benzene ring substituents is 1. The molecule has 0 aliphatic carbocycles. The number of rotatable bonds is 6. The standard InChI is InChI=1S/C14H19N5O2/c1-4-15-12-5-13(7-14(6-12)19(20)21)16-8-11-9-17-18(3)10(11)2/h5-7,9,15-16H,4,8H2,1-3H3. The Hall–Kier alpha value is -2.57. The van der Waals surface area contributed by atoms with Crippen molar-refractivity contribution in [2.24, 2.45) is 7.05 Å². The topological polar surface area (TPSA) is 85.0 Å². The number of anilines is 2. The van der Waals surface area contributed by atoms with Crippen molar-refractivity contribution in [2.75, 3.05) is 17.2 Å². The molecule has 2 N–H and O–H groups in total. The van der Waals surface area contributed by atoms with Gasteiger partial charge in [0, 0.05) is 54.9 Å². The number of benzene rings is 1. The molecule has 0 fully saturated rings. The van der Waals surface area contributed by atoms with Gasteiger partial charge in [-0.15, -0.1) is 0 Å². The van der Waals surface area contributed by atoms with Gasteiger partial charge < -0.3 is 10.6 Å². The minimum Gasteiger partial charge on any atom is -0.385 e. The molecule has 0 aliphatic heterocycles. The quantitative estimate of drug-likeness (QED) is 0.631. The third-order valence-corrected chi connectivity index (χ3v) is 3.33. The first-order valence-electron chi connectivity index (χ1n) is 6.76. The van der Waals surface area contributed by atoms with Crippen LogP contribution in [0.25, 0.3) is 0 Å². The van der Waals surface area contributed by atoms with Crippen LogP contribution in [0.4, 0.5) is 17.1 Å². The molecule has 1 heterocycles. The van der Waals surface area contributed by atoms with Gasteiger partial charge in [-0.1, -0.05) is 0 Å². The summed E-state index contributed by atoms with van der Waals surface area (Å²) < 4.78 is 1.80. The minimum absolute atomic E-state index is 0.0684. The first kappa shape index (κ1) is 14.8. The number of nitro groups is 1. The van der Waals surface area contributed by atoms with E-state index in [1.165, 1.54) is 12.1 Å². The van der Waals surface area contributed by atoms with Crippen molar-refractivity contribution in [1.82, 2.24) is 9.78 Å². The lowest BCUT2D eigenvalue weighted by Crippen LogP contribution is -2.04. The van der Waals surface area contributed by atoms with Gasteiger partial charge in [-0.3, -0.25) is 14.8 Å². The summed E-state index contributed by atoms with van der Waals surface area (Å²) in [4.78, 5) is 10.6. The smallest absolute Gasteiger partial charge is 0.273 e. The van der Waals surface area contributed by atoms with Gasteiger partial charge in [-0.05, 0) is 19.9 Å². The molecule has 0 saturated carbocycles. The fourth-order valence-electron chi connectivity index (χ4n) is 2.04. The maximum atomic E-state index is 11.0. The van der Waals surface area contributed by atoms with Gasteiger partial charge in [0.1, 0.15) is 0 Å². The molecule has 2 aromatic rings. The number of aromatic nitrogens is 2. The number of hydrogen-bond donors (Lipinski definition) is 2. The number of hydrogen-bond acceptors (Lipinski definition) is 5. The molecule has 0 saturated heterocycles. The van der Waals surface area contributed by atoms with Crippen LogP contribution in [0.15, 0.2) is 24.4 Å². The molecule has 7 nitrogen and oxygen atoms in total. The van der Waals surface area contributed by atoms with E-state index in [0.717, 1.165) is 16.9 Å². The Morgan fingerprint density at radius 3 is 2.48 bits per heavy atom. The number of aryl methyl sites for hydroxylation is 1. The molecule has 21 heavy (non-hydrogen) atoms. The normalized spacial score (nSPS) is 10.4. The summed E-state index contributed by atoms with van der Waals surface area (Å²) in [6.07, 6.45) is 1.80. The third-order valence-electron chi connectivity index (χ3n) is 3.33. The van der Waals surface area contributed by atoms with Crippen LogP contribution in [0, 0.1) is 17.0 Å². The van der Waals surface area contributed by atoms with Crippen LogP contribution in [0.1, 0.15) is 18.2 Å². The second-order valence-corrected chi connectivity index (χ2v) is 4.79. The van der Waals surface area contributed by atoms with Crippen molar-refractivity contribution in [3.8, 4) is 0 Å². The first-order chi connectivity index (χ1) is 10.0. The lowest BCUT2D eigenvalue weighted by atomic mass is 10.2. The Balaban J connectivity index is 2.18. The van der Waals surface area contributed by atoms with Crippen molar-refractivity contribution in [2.45, 2.75) is 20.4 Å². The lowest BCUT2D eigenvalue weighted by molar-refractivity contribution is -0.384. The highest BCUT2D eigenvalue weighted by Gasteiger charge is 2.10. The number of nitro benzene ring substituents is 1. The van der Waals surface area contributed by atoms with E-state index in [2.05, 4.69) is 15.7 Å². The first-order valence-corrected chi connectivity index (χ1v) is 6.76. The molecule has 112 valence electrons. The molecular formula is C14H19N5O2. The van der Waals surface area contributed by atoms with Gasteiger partial charge in [-0.2, -0.15) is 5.10 Å². The molecule has 7 heteroatoms. The van der Waals surface area contributed by atoms with Gasteiger partial charge in [0.15, 0.2) is 0 Å². The van der Waals surface area contributed by atoms with E-state index >= 15 is 0 Å². The Labute approximate surface area is 123 Å². The van der Waals surface area contributed by atoms with E-state index < -0.39 is 0 Å². The Bertz CT molecular complexity index is 651. The van der Waals surface area contributed by atoms with Crippen LogP contribution >= 0.6 is 0 Å². The SMILES string of the molecule is CCNc1cc(NCc2cnn(C)c2C)cc([N+](=O)[O-])c1. The van der Waals surface area contributed by atoms with E-state index in [9.17, 15) is 10.1 Å². The minimum atomic E-state index is -0.388. The molecule has 0 amide bonds. The van der Waals surface area contributed by atoms with Crippen molar-refractivity contribution < 1.29 is 4.92 Å². The van der Waals surface area contributed by atoms with Crippen molar-refractivity contribution in [3.05, 3.63) is 45.8 Å². The van der Waals surface area contributed by atoms with Crippen LogP contribution in [0.5, 0.6) is 0 Å². The van der Waals surface area contributed by atoms with E-state index in [0.29, 0.717) is 18.8 Å². The lowest BCUT2D eigenvalue weighted by Gasteiger charge is -2.09. The number of nitrogens with zero attached hydrogens (tertiary/aromatic N) is 3. The zero-order chi connectivity index (χ0) is 15.4. The van der Waals surface area contributed by atoms with Gasteiger partial charge in [0.25, 0.3) is 5.69 Å².